The molecule has 1 heterocycles. The van der Waals surface area contributed by atoms with Crippen molar-refractivity contribution in [3.05, 3.63) is 65.7 Å². The van der Waals surface area contributed by atoms with E-state index in [1.165, 1.54) is 0 Å². The first kappa shape index (κ1) is 17.2. The van der Waals surface area contributed by atoms with E-state index in [0.29, 0.717) is 24.2 Å². The van der Waals surface area contributed by atoms with Crippen molar-refractivity contribution in [2.24, 2.45) is 0 Å². The third-order valence-corrected chi connectivity index (χ3v) is 4.15. The van der Waals surface area contributed by atoms with E-state index >= 15 is 0 Å². The van der Waals surface area contributed by atoms with Crippen LogP contribution in [0.25, 0.3) is 0 Å². The van der Waals surface area contributed by atoms with E-state index in [2.05, 4.69) is 10.6 Å². The van der Waals surface area contributed by atoms with Gasteiger partial charge in [0.2, 0.25) is 5.91 Å². The molecule has 1 aliphatic heterocycles. The quantitative estimate of drug-likeness (QED) is 0.851. The molecule has 1 atom stereocenters. The minimum absolute atomic E-state index is 0.0817. The second kappa shape index (κ2) is 8.44. The molecular formula is C20H22N2O3. The van der Waals surface area contributed by atoms with Crippen LogP contribution in [0.4, 0.5) is 5.69 Å². The Morgan fingerprint density at radius 3 is 2.48 bits per heavy atom. The maximum absolute atomic E-state index is 12.1. The van der Waals surface area contributed by atoms with E-state index < -0.39 is 0 Å². The van der Waals surface area contributed by atoms with Crippen molar-refractivity contribution in [1.82, 2.24) is 5.32 Å². The lowest BCUT2D eigenvalue weighted by Crippen LogP contribution is -2.31. The lowest BCUT2D eigenvalue weighted by Gasteiger charge is -2.11. The van der Waals surface area contributed by atoms with Crippen molar-refractivity contribution in [3.8, 4) is 0 Å². The van der Waals surface area contributed by atoms with Gasteiger partial charge in [0, 0.05) is 24.4 Å². The monoisotopic (exact) mass is 338 g/mol. The molecule has 0 radical (unpaired) electrons. The number of carbonyl (C=O) groups excluding carboxylic acids is 2. The zero-order valence-corrected chi connectivity index (χ0v) is 14.0. The van der Waals surface area contributed by atoms with Crippen LogP contribution in [-0.2, 0) is 16.0 Å². The van der Waals surface area contributed by atoms with E-state index in [4.69, 9.17) is 4.74 Å². The van der Waals surface area contributed by atoms with E-state index in [9.17, 15) is 9.59 Å². The molecule has 0 saturated carbocycles. The lowest BCUT2D eigenvalue weighted by molar-refractivity contribution is -0.115. The van der Waals surface area contributed by atoms with Gasteiger partial charge in [-0.15, -0.1) is 0 Å². The predicted molar refractivity (Wildman–Crippen MR) is 96.5 cm³/mol. The summed E-state index contributed by atoms with van der Waals surface area (Å²) >= 11 is 0. The molecule has 0 aliphatic carbocycles. The second-order valence-corrected chi connectivity index (χ2v) is 6.13. The molecule has 2 aromatic carbocycles. The average Bonchev–Trinajstić information content (AvgIpc) is 3.14. The fraction of sp³-hybridized carbons (Fsp3) is 0.300. The van der Waals surface area contributed by atoms with Crippen LogP contribution in [0.5, 0.6) is 0 Å². The van der Waals surface area contributed by atoms with Crippen molar-refractivity contribution in [2.75, 3.05) is 18.5 Å². The van der Waals surface area contributed by atoms with Gasteiger partial charge in [-0.05, 0) is 42.7 Å². The summed E-state index contributed by atoms with van der Waals surface area (Å²) in [5.74, 6) is -0.209. The number of amides is 2. The summed E-state index contributed by atoms with van der Waals surface area (Å²) in [6.07, 6.45) is 2.50. The Kier molecular flexibility index (Phi) is 5.80. The summed E-state index contributed by atoms with van der Waals surface area (Å²) < 4.78 is 5.49. The number of hydrogen-bond donors (Lipinski definition) is 2. The highest BCUT2D eigenvalue weighted by Gasteiger charge is 2.16. The first-order valence-electron chi connectivity index (χ1n) is 8.54. The van der Waals surface area contributed by atoms with E-state index in [-0.39, 0.29) is 17.9 Å². The van der Waals surface area contributed by atoms with Gasteiger partial charge in [-0.1, -0.05) is 30.3 Å². The summed E-state index contributed by atoms with van der Waals surface area (Å²) in [7, 11) is 0. The maximum Gasteiger partial charge on any atom is 0.251 e. The Balaban J connectivity index is 1.49. The molecule has 130 valence electrons. The summed E-state index contributed by atoms with van der Waals surface area (Å²) in [5.41, 5.74) is 2.21. The van der Waals surface area contributed by atoms with Crippen LogP contribution in [0.3, 0.4) is 0 Å². The zero-order valence-electron chi connectivity index (χ0n) is 14.0. The van der Waals surface area contributed by atoms with Crippen LogP contribution in [0.1, 0.15) is 28.8 Å². The highest BCUT2D eigenvalue weighted by molar-refractivity contribution is 5.96. The summed E-state index contributed by atoms with van der Waals surface area (Å²) in [6.45, 7) is 1.31. The number of benzene rings is 2. The van der Waals surface area contributed by atoms with Gasteiger partial charge in [0.1, 0.15) is 0 Å². The summed E-state index contributed by atoms with van der Waals surface area (Å²) in [6, 6.07) is 16.5. The average molecular weight is 338 g/mol. The molecular weight excluding hydrogens is 316 g/mol. The SMILES string of the molecule is O=C(Cc1ccccc1)Nc1ccc(C(=O)NC[C@H]2CCCO2)cc1. The van der Waals surface area contributed by atoms with Crippen molar-refractivity contribution in [1.29, 1.82) is 0 Å². The molecule has 25 heavy (non-hydrogen) atoms. The minimum Gasteiger partial charge on any atom is -0.376 e. The molecule has 5 heteroatoms. The fourth-order valence-electron chi connectivity index (χ4n) is 2.81. The molecule has 0 unspecified atom stereocenters. The lowest BCUT2D eigenvalue weighted by atomic mass is 10.1. The van der Waals surface area contributed by atoms with Crippen molar-refractivity contribution < 1.29 is 14.3 Å². The largest absolute Gasteiger partial charge is 0.376 e. The Labute approximate surface area is 147 Å². The van der Waals surface area contributed by atoms with Crippen molar-refractivity contribution >= 4 is 17.5 Å². The highest BCUT2D eigenvalue weighted by Crippen LogP contribution is 2.13. The van der Waals surface area contributed by atoms with Gasteiger partial charge >= 0.3 is 0 Å². The molecule has 0 bridgehead atoms. The second-order valence-electron chi connectivity index (χ2n) is 6.13. The number of ether oxygens (including phenoxy) is 1. The number of nitrogens with one attached hydrogen (secondary N) is 2. The molecule has 2 amide bonds. The van der Waals surface area contributed by atoms with Gasteiger partial charge in [0.25, 0.3) is 5.91 Å². The van der Waals surface area contributed by atoms with Crippen LogP contribution in [0.2, 0.25) is 0 Å². The molecule has 3 rings (SSSR count). The van der Waals surface area contributed by atoms with Crippen molar-refractivity contribution in [3.63, 3.8) is 0 Å². The number of carbonyl (C=O) groups is 2. The maximum atomic E-state index is 12.1. The Morgan fingerprint density at radius 1 is 1.04 bits per heavy atom. The van der Waals surface area contributed by atoms with Crippen LogP contribution in [0.15, 0.2) is 54.6 Å². The predicted octanol–water partition coefficient (Wildman–Crippen LogP) is 2.78. The van der Waals surface area contributed by atoms with Gasteiger partial charge in [-0.2, -0.15) is 0 Å². The van der Waals surface area contributed by atoms with Gasteiger partial charge in [-0.25, -0.2) is 0 Å². The first-order valence-corrected chi connectivity index (χ1v) is 8.54. The van der Waals surface area contributed by atoms with Crippen LogP contribution in [-0.4, -0.2) is 31.1 Å². The number of anilines is 1. The number of hydrogen-bond acceptors (Lipinski definition) is 3. The smallest absolute Gasteiger partial charge is 0.251 e. The summed E-state index contributed by atoms with van der Waals surface area (Å²) in [4.78, 5) is 24.2. The van der Waals surface area contributed by atoms with Gasteiger partial charge < -0.3 is 15.4 Å². The third-order valence-electron chi connectivity index (χ3n) is 4.15. The van der Waals surface area contributed by atoms with Crippen LogP contribution < -0.4 is 10.6 Å². The van der Waals surface area contributed by atoms with Crippen molar-refractivity contribution in [2.45, 2.75) is 25.4 Å². The molecule has 1 fully saturated rings. The Morgan fingerprint density at radius 2 is 1.80 bits per heavy atom. The van der Waals surface area contributed by atoms with Gasteiger partial charge in [0.05, 0.1) is 12.5 Å². The van der Waals surface area contributed by atoms with Crippen LogP contribution >= 0.6 is 0 Å². The molecule has 0 aromatic heterocycles. The highest BCUT2D eigenvalue weighted by atomic mass is 16.5. The zero-order chi connectivity index (χ0) is 17.5. The minimum atomic E-state index is -0.127. The standard InChI is InChI=1S/C20H22N2O3/c23-19(13-15-5-2-1-3-6-15)22-17-10-8-16(9-11-17)20(24)21-14-18-7-4-12-25-18/h1-3,5-6,8-11,18H,4,7,12-14H2,(H,21,24)(H,22,23)/t18-/m1/s1. The molecule has 2 aromatic rings. The molecule has 1 saturated heterocycles. The Hall–Kier alpha value is -2.66. The van der Waals surface area contributed by atoms with Crippen LogP contribution in [0, 0.1) is 0 Å². The normalized spacial score (nSPS) is 16.4. The topological polar surface area (TPSA) is 67.4 Å². The molecule has 2 N–H and O–H groups in total. The van der Waals surface area contributed by atoms with Gasteiger partial charge in [0.15, 0.2) is 0 Å². The Bertz CT molecular complexity index is 707. The molecule has 0 spiro atoms. The van der Waals surface area contributed by atoms with E-state index in [1.54, 1.807) is 24.3 Å². The number of rotatable bonds is 6. The summed E-state index contributed by atoms with van der Waals surface area (Å²) in [5, 5.41) is 5.73. The van der Waals surface area contributed by atoms with E-state index in [0.717, 1.165) is 25.0 Å². The van der Waals surface area contributed by atoms with E-state index in [1.807, 2.05) is 30.3 Å². The molecule has 1 aliphatic rings. The molecule has 5 nitrogen and oxygen atoms in total. The van der Waals surface area contributed by atoms with Gasteiger partial charge in [-0.3, -0.25) is 9.59 Å². The fourth-order valence-corrected chi connectivity index (χ4v) is 2.81. The first-order chi connectivity index (χ1) is 12.2. The third kappa shape index (κ3) is 5.16.